The van der Waals surface area contributed by atoms with Gasteiger partial charge in [0.1, 0.15) is 31.9 Å². The first-order chi connectivity index (χ1) is 39.3. The molecule has 3 aromatic carbocycles. The summed E-state index contributed by atoms with van der Waals surface area (Å²) in [6, 6.07) is 9.27. The first-order valence-electron chi connectivity index (χ1n) is 27.8. The number of hydrogen-bond donors (Lipinski definition) is 5. The maximum absolute atomic E-state index is 14.4. The molecule has 2 saturated carbocycles. The fourth-order valence-corrected chi connectivity index (χ4v) is 11.3. The first kappa shape index (κ1) is 58.6. The Morgan fingerprint density at radius 2 is 1.15 bits per heavy atom. The van der Waals surface area contributed by atoms with Crippen LogP contribution in [0, 0.1) is 16.7 Å². The van der Waals surface area contributed by atoms with E-state index in [0.29, 0.717) is 56.4 Å². The molecule has 4 heterocycles. The number of aliphatic hydroxyl groups is 2. The van der Waals surface area contributed by atoms with Crippen LogP contribution in [0.3, 0.4) is 0 Å². The lowest BCUT2D eigenvalue weighted by atomic mass is 10.0. The summed E-state index contributed by atoms with van der Waals surface area (Å²) in [5.41, 5.74) is 1.27. The normalized spacial score (nSPS) is 21.1. The van der Waals surface area contributed by atoms with Crippen LogP contribution in [-0.2, 0) is 30.4 Å². The number of nitrogens with one attached hydrogen (secondary N) is 3. The molecule has 2 saturated heterocycles. The molecule has 440 valence electrons. The van der Waals surface area contributed by atoms with Crippen molar-refractivity contribution in [3.05, 3.63) is 90.5 Å². The van der Waals surface area contributed by atoms with Gasteiger partial charge in [0.25, 0.3) is 11.8 Å². The van der Waals surface area contributed by atoms with E-state index >= 15 is 0 Å². The molecule has 0 aromatic heterocycles. The zero-order valence-corrected chi connectivity index (χ0v) is 46.9. The maximum Gasteiger partial charge on any atom is 0.416 e. The van der Waals surface area contributed by atoms with E-state index < -0.39 is 66.7 Å². The van der Waals surface area contributed by atoms with Gasteiger partial charge in [0.15, 0.2) is 35.5 Å². The van der Waals surface area contributed by atoms with E-state index in [4.69, 9.17) is 33.2 Å². The van der Waals surface area contributed by atoms with Crippen molar-refractivity contribution >= 4 is 59.0 Å². The summed E-state index contributed by atoms with van der Waals surface area (Å²) in [6.07, 6.45) is 3.89. The van der Waals surface area contributed by atoms with E-state index in [1.165, 1.54) is 57.6 Å². The van der Waals surface area contributed by atoms with Crippen molar-refractivity contribution in [3.63, 3.8) is 0 Å². The van der Waals surface area contributed by atoms with Crippen molar-refractivity contribution in [2.24, 2.45) is 16.7 Å². The van der Waals surface area contributed by atoms with Crippen LogP contribution in [0.4, 0.5) is 31.4 Å². The largest absolute Gasteiger partial charge is 0.493 e. The number of carbonyl (C=O) groups excluding carboxylic acids is 7. The van der Waals surface area contributed by atoms with Gasteiger partial charge >= 0.3 is 18.3 Å². The quantitative estimate of drug-likeness (QED) is 0.0401. The SMILES string of the molecule is C=CCOC(=O)N[C@H](C(=O)N[C@@H](C)C(=O)Nc1ccc(COC(=O)N2c3cc(OCCCCCOc4cc5c(cc4OC)C(=O)N4CC6(CC6)C[C@H]4[C@H](O)N5C(=O)OCC=C)c(OC)cc3C(=O)N3CC4(CC4)C[C@H]3[C@@H]2O)cc1)C(C)C. The average Bonchev–Trinajstić information content (AvgIpc) is 3.47. The first-order valence-corrected chi connectivity index (χ1v) is 27.8. The van der Waals surface area contributed by atoms with Crippen LogP contribution in [-0.4, -0.2) is 152 Å². The zero-order chi connectivity index (χ0) is 58.6. The van der Waals surface area contributed by atoms with Crippen molar-refractivity contribution in [2.75, 3.05) is 68.9 Å². The molecular weight excluding hydrogens is 1060 g/mol. The standard InChI is InChI=1S/C59H73N7O16/c1-8-21-80-55(73)62-48(34(3)4)50(68)60-35(5)49(67)61-37-15-13-36(14-16-37)31-82-57(75)66-41-28-47(45(77-7)26-39(41)52(70)64-33-59(19-20-59)30-43(64)54(66)72)79-24-12-10-11-23-78-46-27-40-38(25-44(46)76-6)51(69)63-32-58(17-18-58)29-42(63)53(71)65(40)56(74)81-22-9-2/h8-9,13-16,25-28,34-35,42-43,48,53-54,71-72H,1-2,10-12,17-24,29-33H2,3-7H3,(H,60,68)(H,61,67)(H,62,73)/t35-,42-,43-,48-,53-,54-/m0/s1. The van der Waals surface area contributed by atoms with Gasteiger partial charge in [-0.3, -0.25) is 19.2 Å². The number of carbonyl (C=O) groups is 7. The molecule has 6 atom stereocenters. The van der Waals surface area contributed by atoms with Crippen molar-refractivity contribution in [3.8, 4) is 23.0 Å². The summed E-state index contributed by atoms with van der Waals surface area (Å²) in [4.78, 5) is 100. The highest BCUT2D eigenvalue weighted by Gasteiger charge is 2.59. The van der Waals surface area contributed by atoms with E-state index in [1.807, 2.05) is 0 Å². The summed E-state index contributed by atoms with van der Waals surface area (Å²) in [6.45, 7) is 13.0. The van der Waals surface area contributed by atoms with Gasteiger partial charge in [0.2, 0.25) is 11.8 Å². The second kappa shape index (κ2) is 24.6. The Bertz CT molecular complexity index is 2960. The summed E-state index contributed by atoms with van der Waals surface area (Å²) in [5.74, 6) is -1.10. The molecule has 23 nitrogen and oxygen atoms in total. The molecule has 4 aliphatic heterocycles. The third kappa shape index (κ3) is 12.4. The number of ether oxygens (including phenoxy) is 7. The van der Waals surface area contributed by atoms with Gasteiger partial charge in [-0.15, -0.1) is 0 Å². The average molecular weight is 1140 g/mol. The van der Waals surface area contributed by atoms with Gasteiger partial charge in [-0.2, -0.15) is 0 Å². The number of hydrogen-bond acceptors (Lipinski definition) is 16. The van der Waals surface area contributed by atoms with Gasteiger partial charge in [0, 0.05) is 30.9 Å². The number of amides is 7. The van der Waals surface area contributed by atoms with Crippen LogP contribution < -0.4 is 44.7 Å². The second-order valence-electron chi connectivity index (χ2n) is 22.4. The number of rotatable bonds is 22. The summed E-state index contributed by atoms with van der Waals surface area (Å²) >= 11 is 0. The molecular formula is C59H73N7O16. The number of benzene rings is 3. The van der Waals surface area contributed by atoms with Gasteiger partial charge in [-0.1, -0.05) is 51.3 Å². The number of alkyl carbamates (subject to hydrolysis) is 1. The Kier molecular flexibility index (Phi) is 17.6. The number of unbranched alkanes of at least 4 members (excludes halogenated alkanes) is 2. The van der Waals surface area contributed by atoms with Crippen LogP contribution in [0.25, 0.3) is 0 Å². The lowest BCUT2D eigenvalue weighted by Gasteiger charge is -2.31. The Morgan fingerprint density at radius 3 is 1.61 bits per heavy atom. The zero-order valence-electron chi connectivity index (χ0n) is 46.9. The molecule has 7 amide bonds. The highest BCUT2D eigenvalue weighted by Crippen LogP contribution is 2.58. The topological polar surface area (TPSA) is 274 Å². The molecule has 82 heavy (non-hydrogen) atoms. The highest BCUT2D eigenvalue weighted by atomic mass is 16.6. The van der Waals surface area contributed by atoms with E-state index in [2.05, 4.69) is 29.1 Å². The van der Waals surface area contributed by atoms with Crippen LogP contribution in [0.15, 0.2) is 73.8 Å². The maximum atomic E-state index is 14.4. The Balaban J connectivity index is 0.827. The Labute approximate surface area is 475 Å². The highest BCUT2D eigenvalue weighted by molar-refractivity contribution is 6.07. The molecule has 3 aromatic rings. The minimum Gasteiger partial charge on any atom is -0.493 e. The molecule has 6 aliphatic rings. The van der Waals surface area contributed by atoms with E-state index in [-0.39, 0.29) is 107 Å². The molecule has 0 bridgehead atoms. The third-order valence-electron chi connectivity index (χ3n) is 16.2. The fourth-order valence-electron chi connectivity index (χ4n) is 11.3. The Hall–Kier alpha value is -8.05. The number of nitrogens with zero attached hydrogens (tertiary/aromatic N) is 4. The molecule has 0 unspecified atom stereocenters. The summed E-state index contributed by atoms with van der Waals surface area (Å²) in [5, 5.41) is 31.7. The van der Waals surface area contributed by atoms with E-state index in [0.717, 1.165) is 35.5 Å². The van der Waals surface area contributed by atoms with Crippen molar-refractivity contribution in [2.45, 2.75) is 122 Å². The third-order valence-corrected chi connectivity index (χ3v) is 16.2. The number of methoxy groups -OCH3 is 2. The van der Waals surface area contributed by atoms with Crippen LogP contribution in [0.2, 0.25) is 0 Å². The minimum atomic E-state index is -1.47. The predicted octanol–water partition coefficient (Wildman–Crippen LogP) is 6.64. The molecule has 2 aliphatic carbocycles. The molecule has 2 spiro atoms. The smallest absolute Gasteiger partial charge is 0.416 e. The van der Waals surface area contributed by atoms with Crippen LogP contribution in [0.1, 0.15) is 105 Å². The monoisotopic (exact) mass is 1140 g/mol. The van der Waals surface area contributed by atoms with Crippen molar-refractivity contribution in [1.29, 1.82) is 0 Å². The van der Waals surface area contributed by atoms with Crippen molar-refractivity contribution in [1.82, 2.24) is 20.4 Å². The van der Waals surface area contributed by atoms with Crippen molar-refractivity contribution < 1.29 is 76.9 Å². The number of anilines is 3. The predicted molar refractivity (Wildman–Crippen MR) is 298 cm³/mol. The van der Waals surface area contributed by atoms with Gasteiger partial charge in [-0.25, -0.2) is 24.2 Å². The number of aliphatic hydroxyl groups excluding tert-OH is 2. The van der Waals surface area contributed by atoms with Crippen LogP contribution in [0.5, 0.6) is 23.0 Å². The van der Waals surface area contributed by atoms with Gasteiger partial charge in [0.05, 0.1) is 62.0 Å². The van der Waals surface area contributed by atoms with E-state index in [1.54, 1.807) is 47.9 Å². The van der Waals surface area contributed by atoms with Gasteiger partial charge < -0.3 is 69.1 Å². The van der Waals surface area contributed by atoms with E-state index in [9.17, 15) is 43.8 Å². The lowest BCUT2D eigenvalue weighted by Crippen LogP contribution is -2.53. The lowest BCUT2D eigenvalue weighted by molar-refractivity contribution is -0.128. The minimum absolute atomic E-state index is 0.0352. The molecule has 0 radical (unpaired) electrons. The van der Waals surface area contributed by atoms with Gasteiger partial charge in [-0.05, 0) is 111 Å². The second-order valence-corrected chi connectivity index (χ2v) is 22.4. The molecule has 4 fully saturated rings. The van der Waals surface area contributed by atoms with Crippen LogP contribution >= 0.6 is 0 Å². The molecule has 23 heteroatoms. The summed E-state index contributed by atoms with van der Waals surface area (Å²) < 4.78 is 40.1. The Morgan fingerprint density at radius 1 is 0.659 bits per heavy atom. The number of fused-ring (bicyclic) bond motifs is 4. The molecule has 5 N–H and O–H groups in total. The summed E-state index contributed by atoms with van der Waals surface area (Å²) in [7, 11) is 2.90. The molecule has 9 rings (SSSR count). The fraction of sp³-hybridized carbons (Fsp3) is 0.508.